The summed E-state index contributed by atoms with van der Waals surface area (Å²) in [6, 6.07) is 17.7. The van der Waals surface area contributed by atoms with E-state index in [1.807, 2.05) is 30.3 Å². The number of carbonyl (C=O) groups excluding carboxylic acids is 1. The number of nitrogens with one attached hydrogen (secondary N) is 1. The van der Waals surface area contributed by atoms with Gasteiger partial charge in [0.1, 0.15) is 11.3 Å². The molecule has 0 fully saturated rings. The normalized spacial score (nSPS) is 12.8. The Balaban J connectivity index is 1.71. The van der Waals surface area contributed by atoms with Crippen LogP contribution in [0, 0.1) is 0 Å². The van der Waals surface area contributed by atoms with E-state index in [1.165, 1.54) is 13.4 Å². The van der Waals surface area contributed by atoms with Gasteiger partial charge in [0.25, 0.3) is 0 Å². The highest BCUT2D eigenvalue weighted by Gasteiger charge is 2.39. The highest BCUT2D eigenvalue weighted by atomic mass is 31.2. The first-order valence-electron chi connectivity index (χ1n) is 8.77. The molecule has 29 heavy (non-hydrogen) atoms. The molecular weight excluding hydrogens is 393 g/mol. The van der Waals surface area contributed by atoms with Crippen LogP contribution >= 0.6 is 7.60 Å². The molecule has 0 aliphatic heterocycles. The second-order valence-electron chi connectivity index (χ2n) is 6.60. The molecule has 1 atom stereocenters. The molecule has 0 spiro atoms. The van der Waals surface area contributed by atoms with Crippen LogP contribution in [0.2, 0.25) is 0 Å². The Morgan fingerprint density at radius 2 is 1.83 bits per heavy atom. The summed E-state index contributed by atoms with van der Waals surface area (Å²) in [5.74, 6) is -0.279. The van der Waals surface area contributed by atoms with Crippen molar-refractivity contribution in [2.45, 2.75) is 5.66 Å². The van der Waals surface area contributed by atoms with Crippen LogP contribution in [0.3, 0.4) is 0 Å². The first kappa shape index (κ1) is 19.2. The summed E-state index contributed by atoms with van der Waals surface area (Å²) in [5, 5.41) is 4.95. The molecule has 0 radical (unpaired) electrons. The van der Waals surface area contributed by atoms with E-state index in [2.05, 4.69) is 5.32 Å². The second kappa shape index (κ2) is 7.37. The Bertz CT molecular complexity index is 1260. The molecule has 3 aromatic carbocycles. The van der Waals surface area contributed by atoms with Gasteiger partial charge in [-0.2, -0.15) is 0 Å². The maximum Gasteiger partial charge on any atom is 0.342 e. The largest absolute Gasteiger partial charge is 0.497 e. The Morgan fingerprint density at radius 3 is 2.55 bits per heavy atom. The SMILES string of the molecule is COc1ccc2c(C(C(=O)Nc3ccc4ccccc4c3)P(=O)(O)O)coc2c1. The molecule has 4 rings (SSSR count). The van der Waals surface area contributed by atoms with Crippen molar-refractivity contribution in [1.82, 2.24) is 0 Å². The summed E-state index contributed by atoms with van der Waals surface area (Å²) < 4.78 is 22.8. The fourth-order valence-corrected chi connectivity index (χ4v) is 4.25. The van der Waals surface area contributed by atoms with Gasteiger partial charge in [-0.25, -0.2) is 0 Å². The number of carbonyl (C=O) groups is 1. The minimum Gasteiger partial charge on any atom is -0.497 e. The van der Waals surface area contributed by atoms with Gasteiger partial charge >= 0.3 is 7.60 Å². The summed E-state index contributed by atoms with van der Waals surface area (Å²) in [6.07, 6.45) is 1.20. The van der Waals surface area contributed by atoms with Crippen LogP contribution in [-0.2, 0) is 9.36 Å². The zero-order chi connectivity index (χ0) is 20.6. The number of rotatable bonds is 5. The fourth-order valence-electron chi connectivity index (χ4n) is 3.32. The van der Waals surface area contributed by atoms with Crippen LogP contribution in [0.4, 0.5) is 5.69 Å². The molecular formula is C21H18NO6P. The number of furan rings is 1. The molecule has 7 nitrogen and oxygen atoms in total. The predicted molar refractivity (Wildman–Crippen MR) is 110 cm³/mol. The van der Waals surface area contributed by atoms with Crippen molar-refractivity contribution >= 4 is 40.9 Å². The average molecular weight is 411 g/mol. The third kappa shape index (κ3) is 3.76. The van der Waals surface area contributed by atoms with Gasteiger partial charge in [-0.05, 0) is 35.0 Å². The van der Waals surface area contributed by atoms with E-state index < -0.39 is 19.2 Å². The standard InChI is InChI=1S/C21H18NO6P/c1-27-16-8-9-17-18(12-28-19(17)11-16)20(29(24,25)26)21(23)22-15-7-6-13-4-2-3-5-14(13)10-15/h2-12,20H,1H3,(H,22,23)(H2,24,25,26). The molecule has 0 aliphatic rings. The lowest BCUT2D eigenvalue weighted by Crippen LogP contribution is -2.21. The maximum absolute atomic E-state index is 12.9. The van der Waals surface area contributed by atoms with E-state index in [0.717, 1.165) is 10.8 Å². The van der Waals surface area contributed by atoms with Gasteiger partial charge in [0.15, 0.2) is 5.66 Å². The zero-order valence-corrected chi connectivity index (χ0v) is 16.3. The van der Waals surface area contributed by atoms with E-state index >= 15 is 0 Å². The molecule has 8 heteroatoms. The highest BCUT2D eigenvalue weighted by molar-refractivity contribution is 7.53. The number of hydrogen-bond donors (Lipinski definition) is 3. The van der Waals surface area contributed by atoms with Gasteiger partial charge in [-0.1, -0.05) is 30.3 Å². The number of anilines is 1. The van der Waals surface area contributed by atoms with E-state index in [1.54, 1.807) is 30.3 Å². The first-order valence-corrected chi connectivity index (χ1v) is 10.4. The predicted octanol–water partition coefficient (Wildman–Crippen LogP) is 4.45. The lowest BCUT2D eigenvalue weighted by Gasteiger charge is -2.17. The Morgan fingerprint density at radius 1 is 1.07 bits per heavy atom. The molecule has 0 bridgehead atoms. The number of methoxy groups -OCH3 is 1. The molecule has 1 heterocycles. The van der Waals surface area contributed by atoms with Crippen LogP contribution in [0.5, 0.6) is 5.75 Å². The summed E-state index contributed by atoms with van der Waals surface area (Å²) in [7, 11) is -3.33. The summed E-state index contributed by atoms with van der Waals surface area (Å²) in [6.45, 7) is 0. The van der Waals surface area contributed by atoms with Gasteiger partial charge in [0.2, 0.25) is 5.91 Å². The Hall–Kier alpha value is -3.12. The van der Waals surface area contributed by atoms with Crippen LogP contribution in [0.15, 0.2) is 71.3 Å². The van der Waals surface area contributed by atoms with Crippen molar-refractivity contribution in [2.24, 2.45) is 0 Å². The van der Waals surface area contributed by atoms with Crippen LogP contribution < -0.4 is 10.1 Å². The first-order chi connectivity index (χ1) is 13.9. The molecule has 1 unspecified atom stereocenters. The number of amides is 1. The molecule has 4 aromatic rings. The van der Waals surface area contributed by atoms with Gasteiger partial charge in [0, 0.05) is 22.7 Å². The Kier molecular flexibility index (Phi) is 4.88. The molecule has 0 saturated heterocycles. The van der Waals surface area contributed by atoms with Gasteiger partial charge in [0.05, 0.1) is 13.4 Å². The monoisotopic (exact) mass is 411 g/mol. The van der Waals surface area contributed by atoms with Crippen molar-refractivity contribution in [3.8, 4) is 5.75 Å². The van der Waals surface area contributed by atoms with E-state index in [0.29, 0.717) is 22.4 Å². The van der Waals surface area contributed by atoms with E-state index in [4.69, 9.17) is 9.15 Å². The number of ether oxygens (including phenoxy) is 1. The molecule has 148 valence electrons. The molecule has 1 aromatic heterocycles. The molecule has 0 aliphatic carbocycles. The number of benzene rings is 3. The number of hydrogen-bond acceptors (Lipinski definition) is 4. The van der Waals surface area contributed by atoms with Crippen LogP contribution in [-0.4, -0.2) is 22.8 Å². The topological polar surface area (TPSA) is 109 Å². The maximum atomic E-state index is 12.9. The average Bonchev–Trinajstić information content (AvgIpc) is 3.09. The van der Waals surface area contributed by atoms with Gasteiger partial charge in [-0.15, -0.1) is 0 Å². The van der Waals surface area contributed by atoms with E-state index in [-0.39, 0.29) is 5.56 Å². The van der Waals surface area contributed by atoms with Crippen LogP contribution in [0.1, 0.15) is 11.2 Å². The summed E-state index contributed by atoms with van der Waals surface area (Å²) in [4.78, 5) is 32.7. The third-order valence-electron chi connectivity index (χ3n) is 4.71. The smallest absolute Gasteiger partial charge is 0.342 e. The van der Waals surface area contributed by atoms with Gasteiger partial charge in [-0.3, -0.25) is 9.36 Å². The zero-order valence-electron chi connectivity index (χ0n) is 15.4. The lowest BCUT2D eigenvalue weighted by molar-refractivity contribution is -0.116. The summed E-state index contributed by atoms with van der Waals surface area (Å²) in [5.41, 5.74) is -0.768. The van der Waals surface area contributed by atoms with Crippen molar-refractivity contribution in [1.29, 1.82) is 0 Å². The molecule has 1 amide bonds. The highest BCUT2D eigenvalue weighted by Crippen LogP contribution is 2.54. The van der Waals surface area contributed by atoms with Crippen molar-refractivity contribution in [2.75, 3.05) is 12.4 Å². The van der Waals surface area contributed by atoms with Crippen molar-refractivity contribution in [3.63, 3.8) is 0 Å². The van der Waals surface area contributed by atoms with Crippen LogP contribution in [0.25, 0.3) is 21.7 Å². The van der Waals surface area contributed by atoms with E-state index in [9.17, 15) is 19.1 Å². The quantitative estimate of drug-likeness (QED) is 0.419. The van der Waals surface area contributed by atoms with Crippen molar-refractivity contribution in [3.05, 3.63) is 72.5 Å². The number of fused-ring (bicyclic) bond motifs is 2. The lowest BCUT2D eigenvalue weighted by atomic mass is 10.1. The third-order valence-corrected chi connectivity index (χ3v) is 5.89. The summed E-state index contributed by atoms with van der Waals surface area (Å²) >= 11 is 0. The molecule has 3 N–H and O–H groups in total. The Labute approximate surface area is 166 Å². The second-order valence-corrected chi connectivity index (χ2v) is 8.29. The minimum atomic E-state index is -4.83. The van der Waals surface area contributed by atoms with Crippen molar-refractivity contribution < 1.29 is 28.3 Å². The molecule has 0 saturated carbocycles. The fraction of sp³-hybridized carbons (Fsp3) is 0.0952. The van der Waals surface area contributed by atoms with Gasteiger partial charge < -0.3 is 24.3 Å². The minimum absolute atomic E-state index is 0.120.